The lowest BCUT2D eigenvalue weighted by Gasteiger charge is -2.30. The molecule has 1 aromatic heterocycles. The molecule has 0 unspecified atom stereocenters. The van der Waals surface area contributed by atoms with Crippen LogP contribution in [-0.2, 0) is 14.8 Å². The number of hydrogen-bond acceptors (Lipinski definition) is 5. The summed E-state index contributed by atoms with van der Waals surface area (Å²) in [6.45, 7) is 3.97. The predicted molar refractivity (Wildman–Crippen MR) is 88.9 cm³/mol. The van der Waals surface area contributed by atoms with Crippen molar-refractivity contribution in [3.63, 3.8) is 0 Å². The van der Waals surface area contributed by atoms with Gasteiger partial charge in [-0.15, -0.1) is 0 Å². The highest BCUT2D eigenvalue weighted by Crippen LogP contribution is 2.26. The van der Waals surface area contributed by atoms with Crippen molar-refractivity contribution in [2.24, 2.45) is 5.92 Å². The minimum Gasteiger partial charge on any atom is -0.379 e. The molecule has 3 rings (SSSR count). The first-order chi connectivity index (χ1) is 11.1. The number of rotatable bonds is 4. The number of nitrogens with one attached hydrogen (secondary N) is 1. The number of nitrogens with zero attached hydrogens (tertiary/aromatic N) is 2. The molecule has 2 fully saturated rings. The number of sulfonamides is 1. The number of aromatic nitrogens is 1. The molecule has 1 aliphatic heterocycles. The Bertz CT molecular complexity index is 612. The van der Waals surface area contributed by atoms with Gasteiger partial charge in [-0.2, -0.15) is 4.31 Å². The van der Waals surface area contributed by atoms with E-state index in [4.69, 9.17) is 4.74 Å². The Balaban J connectivity index is 1.68. The summed E-state index contributed by atoms with van der Waals surface area (Å²) in [6, 6.07) is 3.85. The second-order valence-electron chi connectivity index (χ2n) is 6.41. The molecule has 1 saturated carbocycles. The summed E-state index contributed by atoms with van der Waals surface area (Å²) in [5.74, 6) is 1.38. The number of ether oxygens (including phenoxy) is 1. The predicted octanol–water partition coefficient (Wildman–Crippen LogP) is 2.09. The van der Waals surface area contributed by atoms with Crippen LogP contribution in [0.1, 0.15) is 32.6 Å². The standard InChI is InChI=1S/C16H25N3O3S/c1-13-4-2-3-5-15(13)18-16-7-6-14(12-17-16)23(20,21)19-8-10-22-11-9-19/h6-7,12-13,15H,2-5,8-11H2,1H3,(H,17,18)/t13-,15+/m1/s1. The average Bonchev–Trinajstić information content (AvgIpc) is 2.58. The number of morpholine rings is 1. The van der Waals surface area contributed by atoms with E-state index in [0.29, 0.717) is 38.3 Å². The second kappa shape index (κ2) is 7.15. The maximum atomic E-state index is 12.6. The van der Waals surface area contributed by atoms with E-state index < -0.39 is 10.0 Å². The first kappa shape index (κ1) is 16.7. The van der Waals surface area contributed by atoms with Crippen LogP contribution < -0.4 is 5.32 Å². The summed E-state index contributed by atoms with van der Waals surface area (Å²) >= 11 is 0. The first-order valence-corrected chi connectivity index (χ1v) is 9.82. The molecule has 23 heavy (non-hydrogen) atoms. The van der Waals surface area contributed by atoms with Gasteiger partial charge in [-0.3, -0.25) is 0 Å². The molecule has 1 N–H and O–H groups in total. The van der Waals surface area contributed by atoms with Gasteiger partial charge in [0.2, 0.25) is 10.0 Å². The molecular weight excluding hydrogens is 314 g/mol. The summed E-state index contributed by atoms with van der Waals surface area (Å²) in [5.41, 5.74) is 0. The maximum Gasteiger partial charge on any atom is 0.244 e. The van der Waals surface area contributed by atoms with Crippen LogP contribution in [0.3, 0.4) is 0 Å². The summed E-state index contributed by atoms with van der Waals surface area (Å²) < 4.78 is 31.8. The molecule has 0 bridgehead atoms. The molecule has 1 aromatic rings. The van der Waals surface area contributed by atoms with Crippen LogP contribution in [0.4, 0.5) is 5.82 Å². The highest BCUT2D eigenvalue weighted by atomic mass is 32.2. The van der Waals surface area contributed by atoms with Gasteiger partial charge in [0, 0.05) is 25.3 Å². The number of anilines is 1. The highest BCUT2D eigenvalue weighted by Gasteiger charge is 2.27. The van der Waals surface area contributed by atoms with Crippen LogP contribution in [0, 0.1) is 5.92 Å². The van der Waals surface area contributed by atoms with E-state index in [9.17, 15) is 8.42 Å². The number of hydrogen-bond donors (Lipinski definition) is 1. The van der Waals surface area contributed by atoms with Gasteiger partial charge in [-0.25, -0.2) is 13.4 Å². The van der Waals surface area contributed by atoms with E-state index in [1.54, 1.807) is 12.1 Å². The van der Waals surface area contributed by atoms with Crippen molar-refractivity contribution in [1.82, 2.24) is 9.29 Å². The molecule has 2 atom stereocenters. The minimum atomic E-state index is -3.46. The summed E-state index contributed by atoms with van der Waals surface area (Å²) in [5, 5.41) is 3.45. The minimum absolute atomic E-state index is 0.252. The topological polar surface area (TPSA) is 71.5 Å². The third-order valence-electron chi connectivity index (χ3n) is 4.79. The fourth-order valence-electron chi connectivity index (χ4n) is 3.27. The Morgan fingerprint density at radius 2 is 1.96 bits per heavy atom. The molecule has 1 saturated heterocycles. The maximum absolute atomic E-state index is 12.6. The zero-order valence-electron chi connectivity index (χ0n) is 13.6. The lowest BCUT2D eigenvalue weighted by atomic mass is 9.86. The molecule has 0 radical (unpaired) electrons. The second-order valence-corrected chi connectivity index (χ2v) is 8.35. The Hall–Kier alpha value is -1.18. The molecule has 0 aromatic carbocycles. The van der Waals surface area contributed by atoms with E-state index in [2.05, 4.69) is 17.2 Å². The van der Waals surface area contributed by atoms with Crippen LogP contribution in [0.25, 0.3) is 0 Å². The van der Waals surface area contributed by atoms with Crippen LogP contribution in [-0.4, -0.2) is 50.1 Å². The van der Waals surface area contributed by atoms with Crippen LogP contribution >= 0.6 is 0 Å². The van der Waals surface area contributed by atoms with Crippen molar-refractivity contribution in [3.05, 3.63) is 18.3 Å². The van der Waals surface area contributed by atoms with Crippen molar-refractivity contribution in [1.29, 1.82) is 0 Å². The normalized spacial score (nSPS) is 26.8. The Morgan fingerprint density at radius 1 is 1.22 bits per heavy atom. The van der Waals surface area contributed by atoms with Gasteiger partial charge < -0.3 is 10.1 Å². The fraction of sp³-hybridized carbons (Fsp3) is 0.688. The van der Waals surface area contributed by atoms with Crippen LogP contribution in [0.15, 0.2) is 23.2 Å². The molecule has 6 nitrogen and oxygen atoms in total. The molecule has 1 aliphatic carbocycles. The summed E-state index contributed by atoms with van der Waals surface area (Å²) in [4.78, 5) is 4.57. The van der Waals surface area contributed by atoms with Crippen molar-refractivity contribution >= 4 is 15.8 Å². The zero-order valence-corrected chi connectivity index (χ0v) is 14.4. The van der Waals surface area contributed by atoms with E-state index in [1.165, 1.54) is 29.8 Å². The van der Waals surface area contributed by atoms with Gasteiger partial charge in [0.25, 0.3) is 0 Å². The molecule has 0 amide bonds. The van der Waals surface area contributed by atoms with Crippen molar-refractivity contribution in [3.8, 4) is 0 Å². The van der Waals surface area contributed by atoms with E-state index in [-0.39, 0.29) is 4.90 Å². The molecule has 2 aliphatic rings. The summed E-state index contributed by atoms with van der Waals surface area (Å²) in [7, 11) is -3.46. The number of pyridine rings is 1. The van der Waals surface area contributed by atoms with Gasteiger partial charge in [-0.05, 0) is 30.9 Å². The van der Waals surface area contributed by atoms with Gasteiger partial charge in [0.05, 0.1) is 13.2 Å². The van der Waals surface area contributed by atoms with Crippen LogP contribution in [0.2, 0.25) is 0 Å². The monoisotopic (exact) mass is 339 g/mol. The fourth-order valence-corrected chi connectivity index (χ4v) is 4.63. The highest BCUT2D eigenvalue weighted by molar-refractivity contribution is 7.89. The zero-order chi connectivity index (χ0) is 16.3. The smallest absolute Gasteiger partial charge is 0.244 e. The summed E-state index contributed by atoms with van der Waals surface area (Å²) in [6.07, 6.45) is 6.38. The third kappa shape index (κ3) is 3.84. The van der Waals surface area contributed by atoms with E-state index in [1.807, 2.05) is 0 Å². The van der Waals surface area contributed by atoms with Gasteiger partial charge in [0.1, 0.15) is 10.7 Å². The molecular formula is C16H25N3O3S. The van der Waals surface area contributed by atoms with Crippen molar-refractivity contribution in [2.45, 2.75) is 43.5 Å². The Kier molecular flexibility index (Phi) is 5.18. The van der Waals surface area contributed by atoms with E-state index >= 15 is 0 Å². The Labute approximate surface area is 138 Å². The van der Waals surface area contributed by atoms with Crippen molar-refractivity contribution in [2.75, 3.05) is 31.6 Å². The SMILES string of the molecule is C[C@@H]1CCCC[C@@H]1Nc1ccc(S(=O)(=O)N2CCOCC2)cn1. The quantitative estimate of drug-likeness (QED) is 0.909. The molecule has 2 heterocycles. The van der Waals surface area contributed by atoms with Gasteiger partial charge in [0.15, 0.2) is 0 Å². The average molecular weight is 339 g/mol. The van der Waals surface area contributed by atoms with Crippen molar-refractivity contribution < 1.29 is 13.2 Å². The first-order valence-electron chi connectivity index (χ1n) is 8.38. The lowest BCUT2D eigenvalue weighted by molar-refractivity contribution is 0.0730. The van der Waals surface area contributed by atoms with Crippen LogP contribution in [0.5, 0.6) is 0 Å². The Morgan fingerprint density at radius 3 is 2.61 bits per heavy atom. The largest absolute Gasteiger partial charge is 0.379 e. The third-order valence-corrected chi connectivity index (χ3v) is 6.67. The van der Waals surface area contributed by atoms with E-state index in [0.717, 1.165) is 12.2 Å². The van der Waals surface area contributed by atoms with Gasteiger partial charge >= 0.3 is 0 Å². The lowest BCUT2D eigenvalue weighted by Crippen LogP contribution is -2.40. The molecule has 7 heteroatoms. The molecule has 0 spiro atoms. The molecule has 128 valence electrons. The van der Waals surface area contributed by atoms with Gasteiger partial charge in [-0.1, -0.05) is 19.8 Å².